The van der Waals surface area contributed by atoms with Gasteiger partial charge >= 0.3 is 5.97 Å². The first-order chi connectivity index (χ1) is 12.0. The minimum atomic E-state index is -0.911. The highest BCUT2D eigenvalue weighted by atomic mass is 16.9. The van der Waals surface area contributed by atoms with Gasteiger partial charge in [0.1, 0.15) is 12.8 Å². The standard InChI is InChI=1S/C13H19N5O7/c14-10-6-9-12(13(20)16-10)15-7-17(9)8-23-4-5-24-11(19)2-1-3-25-18(21)22/h6-7,10,12H,1-5,8,14H2,(H,16,20)/p+1. The van der Waals surface area contributed by atoms with E-state index in [1.54, 1.807) is 17.0 Å². The van der Waals surface area contributed by atoms with Crippen LogP contribution in [0, 0.1) is 10.1 Å². The average Bonchev–Trinajstić information content (AvgIpc) is 2.94. The van der Waals surface area contributed by atoms with Gasteiger partial charge in [-0.2, -0.15) is 0 Å². The topological polar surface area (TPSA) is 158 Å². The monoisotopic (exact) mass is 358 g/mol. The van der Waals surface area contributed by atoms with E-state index >= 15 is 0 Å². The number of carbonyl (C=O) groups excluding carboxylic acids is 2. The molecule has 0 aromatic heterocycles. The summed E-state index contributed by atoms with van der Waals surface area (Å²) in [4.78, 5) is 37.1. The number of amides is 1. The predicted molar refractivity (Wildman–Crippen MR) is 81.4 cm³/mol. The zero-order chi connectivity index (χ0) is 18.2. The molecule has 12 heteroatoms. The van der Waals surface area contributed by atoms with Gasteiger partial charge in [-0.1, -0.05) is 0 Å². The maximum atomic E-state index is 11.7. The van der Waals surface area contributed by atoms with Gasteiger partial charge < -0.3 is 25.4 Å². The first-order valence-corrected chi connectivity index (χ1v) is 7.62. The van der Waals surface area contributed by atoms with Crippen LogP contribution in [0.1, 0.15) is 12.8 Å². The van der Waals surface area contributed by atoms with E-state index in [1.165, 1.54) is 0 Å². The quantitative estimate of drug-likeness (QED) is 0.130. The number of carbonyl (C=O) groups is 2. The van der Waals surface area contributed by atoms with Gasteiger partial charge in [0, 0.05) is 6.42 Å². The highest BCUT2D eigenvalue weighted by molar-refractivity contribution is 5.89. The molecule has 12 nitrogen and oxygen atoms in total. The van der Waals surface area contributed by atoms with Crippen LogP contribution in [0.2, 0.25) is 0 Å². The molecule has 25 heavy (non-hydrogen) atoms. The van der Waals surface area contributed by atoms with Crippen molar-refractivity contribution in [2.45, 2.75) is 25.0 Å². The predicted octanol–water partition coefficient (Wildman–Crippen LogP) is -2.20. The lowest BCUT2D eigenvalue weighted by Gasteiger charge is -2.19. The molecule has 0 spiro atoms. The van der Waals surface area contributed by atoms with Crippen LogP contribution in [0.15, 0.2) is 11.8 Å². The van der Waals surface area contributed by atoms with Gasteiger partial charge in [-0.15, -0.1) is 10.1 Å². The van der Waals surface area contributed by atoms with E-state index in [0.29, 0.717) is 5.70 Å². The maximum absolute atomic E-state index is 11.7. The van der Waals surface area contributed by atoms with Crippen LogP contribution < -0.4 is 16.4 Å². The van der Waals surface area contributed by atoms with Gasteiger partial charge in [0.05, 0.1) is 13.2 Å². The Morgan fingerprint density at radius 2 is 2.20 bits per heavy atom. The second-order valence-corrected chi connectivity index (χ2v) is 5.24. The summed E-state index contributed by atoms with van der Waals surface area (Å²) in [6.45, 7) is 0.238. The lowest BCUT2D eigenvalue weighted by Crippen LogP contribution is -2.53. The number of rotatable bonds is 10. The fourth-order valence-corrected chi connectivity index (χ4v) is 2.28. The second-order valence-electron chi connectivity index (χ2n) is 5.24. The van der Waals surface area contributed by atoms with Crippen molar-refractivity contribution < 1.29 is 33.6 Å². The van der Waals surface area contributed by atoms with Crippen LogP contribution in [-0.4, -0.2) is 66.6 Å². The lowest BCUT2D eigenvalue weighted by molar-refractivity contribution is -0.757. The van der Waals surface area contributed by atoms with E-state index in [0.717, 1.165) is 0 Å². The van der Waals surface area contributed by atoms with Crippen molar-refractivity contribution in [1.82, 2.24) is 10.6 Å². The minimum Gasteiger partial charge on any atom is -0.463 e. The molecule has 0 fully saturated rings. The summed E-state index contributed by atoms with van der Waals surface area (Å²) in [6.07, 6.45) is 3.02. The van der Waals surface area contributed by atoms with Crippen molar-refractivity contribution >= 4 is 18.2 Å². The van der Waals surface area contributed by atoms with E-state index in [1.807, 2.05) is 0 Å². The molecule has 2 unspecified atom stereocenters. The number of esters is 1. The number of nitrogens with two attached hydrogens (primary N) is 1. The highest BCUT2D eigenvalue weighted by Gasteiger charge is 2.39. The Balaban J connectivity index is 1.58. The van der Waals surface area contributed by atoms with Gasteiger partial charge in [-0.3, -0.25) is 14.9 Å². The van der Waals surface area contributed by atoms with E-state index in [9.17, 15) is 19.7 Å². The Bertz CT molecular complexity index is 591. The van der Waals surface area contributed by atoms with Crippen molar-refractivity contribution in [1.29, 1.82) is 0 Å². The van der Waals surface area contributed by atoms with Crippen LogP contribution in [0.3, 0.4) is 0 Å². The van der Waals surface area contributed by atoms with Crippen LogP contribution in [0.5, 0.6) is 0 Å². The molecule has 0 saturated carbocycles. The van der Waals surface area contributed by atoms with Crippen LogP contribution >= 0.6 is 0 Å². The van der Waals surface area contributed by atoms with Crippen molar-refractivity contribution in [3.63, 3.8) is 0 Å². The molecule has 0 aromatic rings. The fourth-order valence-electron chi connectivity index (χ4n) is 2.28. The Morgan fingerprint density at radius 1 is 1.40 bits per heavy atom. The second kappa shape index (κ2) is 8.94. The Hall–Kier alpha value is -2.73. The van der Waals surface area contributed by atoms with E-state index in [2.05, 4.69) is 15.5 Å². The molecule has 2 aliphatic heterocycles. The average molecular weight is 358 g/mol. The summed E-state index contributed by atoms with van der Waals surface area (Å²) >= 11 is 0. The Labute approximate surface area is 142 Å². The fraction of sp³-hybridized carbons (Fsp3) is 0.615. The third-order valence-electron chi connectivity index (χ3n) is 3.39. The molecule has 1 amide bonds. The van der Waals surface area contributed by atoms with Crippen molar-refractivity contribution in [3.8, 4) is 0 Å². The third-order valence-corrected chi connectivity index (χ3v) is 3.39. The van der Waals surface area contributed by atoms with Crippen LogP contribution in [0.25, 0.3) is 0 Å². The molecule has 0 saturated heterocycles. The number of nitrogens with zero attached hydrogens (tertiary/aromatic N) is 2. The van der Waals surface area contributed by atoms with Crippen molar-refractivity contribution in [2.75, 3.05) is 26.6 Å². The van der Waals surface area contributed by atoms with Gasteiger partial charge in [0.15, 0.2) is 12.4 Å². The first kappa shape index (κ1) is 18.6. The molecular formula is C13H20N5O7+. The molecule has 0 bridgehead atoms. The largest absolute Gasteiger partial charge is 0.463 e. The SMILES string of the molecule is NC1C=C2C(NC=[N+]2COCCOC(=O)CCCO[N+](=O)[O-])C(=O)N1. The summed E-state index contributed by atoms with van der Waals surface area (Å²) in [5, 5.41) is 14.5. The van der Waals surface area contributed by atoms with Gasteiger partial charge in [0.2, 0.25) is 12.4 Å². The van der Waals surface area contributed by atoms with Gasteiger partial charge in [0.25, 0.3) is 11.0 Å². The Morgan fingerprint density at radius 3 is 2.96 bits per heavy atom. The maximum Gasteiger partial charge on any atom is 0.305 e. The molecule has 0 aliphatic carbocycles. The summed E-state index contributed by atoms with van der Waals surface area (Å²) in [5.41, 5.74) is 6.41. The molecule has 2 atom stereocenters. The minimum absolute atomic E-state index is 0.0270. The van der Waals surface area contributed by atoms with Crippen molar-refractivity contribution in [2.24, 2.45) is 5.73 Å². The molecular weight excluding hydrogens is 338 g/mol. The normalized spacial score (nSPS) is 21.4. The molecule has 2 heterocycles. The summed E-state index contributed by atoms with van der Waals surface area (Å²) in [7, 11) is 0. The number of ether oxygens (including phenoxy) is 2. The molecule has 2 rings (SSSR count). The van der Waals surface area contributed by atoms with Gasteiger partial charge in [-0.25, -0.2) is 4.58 Å². The molecule has 0 radical (unpaired) electrons. The van der Waals surface area contributed by atoms with E-state index in [-0.39, 0.29) is 45.3 Å². The van der Waals surface area contributed by atoms with E-state index in [4.69, 9.17) is 15.2 Å². The summed E-state index contributed by atoms with van der Waals surface area (Å²) in [6, 6.07) is -0.484. The Kier molecular flexibility index (Phi) is 6.65. The number of hydrogen-bond donors (Lipinski definition) is 3. The van der Waals surface area contributed by atoms with Crippen molar-refractivity contribution in [3.05, 3.63) is 21.9 Å². The molecule has 4 N–H and O–H groups in total. The first-order valence-electron chi connectivity index (χ1n) is 7.62. The highest BCUT2D eigenvalue weighted by Crippen LogP contribution is 2.13. The molecule has 0 aromatic carbocycles. The molecule has 138 valence electrons. The third kappa shape index (κ3) is 5.69. The number of nitrogens with one attached hydrogen (secondary N) is 2. The van der Waals surface area contributed by atoms with Gasteiger partial charge in [-0.05, 0) is 12.5 Å². The van der Waals surface area contributed by atoms with Crippen LogP contribution in [0.4, 0.5) is 0 Å². The lowest BCUT2D eigenvalue weighted by atomic mass is 10.1. The zero-order valence-electron chi connectivity index (χ0n) is 13.4. The van der Waals surface area contributed by atoms with E-state index < -0.39 is 23.3 Å². The summed E-state index contributed by atoms with van der Waals surface area (Å²) in [5.74, 6) is -0.693. The number of fused-ring (bicyclic) bond motifs is 1. The summed E-state index contributed by atoms with van der Waals surface area (Å²) < 4.78 is 12.0. The molecule has 2 aliphatic rings. The van der Waals surface area contributed by atoms with Crippen LogP contribution in [-0.2, 0) is 23.9 Å². The smallest absolute Gasteiger partial charge is 0.305 e. The zero-order valence-corrected chi connectivity index (χ0v) is 13.4. The number of hydrogen-bond acceptors (Lipinski definition) is 9.